The molecule has 0 aromatic heterocycles. The van der Waals surface area contributed by atoms with E-state index in [2.05, 4.69) is 5.32 Å². The molecule has 0 spiro atoms. The molecule has 0 radical (unpaired) electrons. The third kappa shape index (κ3) is 12.9. The van der Waals surface area contributed by atoms with Crippen molar-refractivity contribution in [3.8, 4) is 23.0 Å². The van der Waals surface area contributed by atoms with Crippen molar-refractivity contribution in [3.63, 3.8) is 0 Å². The molecule has 9 nitrogen and oxygen atoms in total. The number of carboxylic acid groups (broad SMARTS) is 1. The number of nitrogens with two attached hydrogens (primary N) is 1. The topological polar surface area (TPSA) is 131 Å². The fourth-order valence-corrected chi connectivity index (χ4v) is 5.00. The van der Waals surface area contributed by atoms with Crippen LogP contribution in [-0.4, -0.2) is 29.1 Å². The van der Waals surface area contributed by atoms with Gasteiger partial charge in [-0.2, -0.15) is 26.3 Å². The van der Waals surface area contributed by atoms with Gasteiger partial charge in [0.1, 0.15) is 17.2 Å². The summed E-state index contributed by atoms with van der Waals surface area (Å²) in [4.78, 5) is 37.0. The van der Waals surface area contributed by atoms with Gasteiger partial charge >= 0.3 is 18.3 Å². The van der Waals surface area contributed by atoms with Gasteiger partial charge in [0.25, 0.3) is 0 Å². The van der Waals surface area contributed by atoms with Gasteiger partial charge in [0.2, 0.25) is 11.8 Å². The summed E-state index contributed by atoms with van der Waals surface area (Å²) in [6, 6.07) is 36.1. The van der Waals surface area contributed by atoms with Crippen LogP contribution in [0.25, 0.3) is 0 Å². The van der Waals surface area contributed by atoms with E-state index in [1.54, 1.807) is 42.5 Å². The zero-order chi connectivity index (χ0) is 40.0. The third-order valence-corrected chi connectivity index (χ3v) is 7.67. The number of alkyl halides is 6. The highest BCUT2D eigenvalue weighted by molar-refractivity contribution is 5.96. The Bertz CT molecular complexity index is 2040. The molecule has 2 amide bonds. The Morgan fingerprint density at radius 3 is 1.93 bits per heavy atom. The predicted octanol–water partition coefficient (Wildman–Crippen LogP) is 9.01. The Morgan fingerprint density at radius 1 is 0.673 bits per heavy atom. The van der Waals surface area contributed by atoms with E-state index < -0.39 is 29.8 Å². The number of carbonyl (C=O) groups excluding carboxylic acids is 2. The molecule has 4 N–H and O–H groups in total. The highest BCUT2D eigenvalue weighted by Gasteiger charge is 2.38. The number of anilines is 1. The van der Waals surface area contributed by atoms with Crippen LogP contribution in [0.1, 0.15) is 35.1 Å². The van der Waals surface area contributed by atoms with Crippen molar-refractivity contribution >= 4 is 23.5 Å². The minimum absolute atomic E-state index is 0.0595. The van der Waals surface area contributed by atoms with Crippen LogP contribution in [-0.2, 0) is 40.2 Å². The zero-order valence-electron chi connectivity index (χ0n) is 28.9. The number of para-hydroxylation sites is 3. The molecular formula is C40H35F6N3O6. The molecule has 0 saturated heterocycles. The van der Waals surface area contributed by atoms with Crippen LogP contribution in [0.5, 0.6) is 23.0 Å². The van der Waals surface area contributed by atoms with Crippen LogP contribution in [0, 0.1) is 0 Å². The van der Waals surface area contributed by atoms with E-state index in [9.17, 15) is 35.9 Å². The third-order valence-electron chi connectivity index (χ3n) is 7.67. The van der Waals surface area contributed by atoms with Gasteiger partial charge in [0, 0.05) is 25.9 Å². The number of halogens is 6. The average molecular weight is 768 g/mol. The van der Waals surface area contributed by atoms with Crippen LogP contribution in [0.3, 0.4) is 0 Å². The Labute approximate surface area is 311 Å². The second-order valence-corrected chi connectivity index (χ2v) is 11.7. The van der Waals surface area contributed by atoms with E-state index in [0.29, 0.717) is 35.2 Å². The standard InChI is InChI=1S/C38H34F3N3O4.C2HF3O2/c39-38(40,41)33-14-5-4-10-29(33)25-43-36(45)21-22-37(46)44(26-27-17-19-31(20-18-27)47-30-11-2-1-3-12-30)34-15-6-7-16-35(34)48-32-13-8-9-28(23-32)24-42;3-2(4,5)1(6)7/h1-20,23H,21-22,24-26,42H2,(H,43,45);(H,6,7). The van der Waals surface area contributed by atoms with Gasteiger partial charge in [-0.05, 0) is 71.3 Å². The summed E-state index contributed by atoms with van der Waals surface area (Å²) in [5.41, 5.74) is 7.07. The summed E-state index contributed by atoms with van der Waals surface area (Å²) in [5.74, 6) is -1.42. The molecule has 5 rings (SSSR count). The molecule has 0 aliphatic heterocycles. The van der Waals surface area contributed by atoms with E-state index in [-0.39, 0.29) is 37.4 Å². The molecule has 15 heteroatoms. The van der Waals surface area contributed by atoms with Gasteiger partial charge in [0.15, 0.2) is 5.75 Å². The van der Waals surface area contributed by atoms with Crippen LogP contribution >= 0.6 is 0 Å². The van der Waals surface area contributed by atoms with Gasteiger partial charge in [-0.15, -0.1) is 0 Å². The second-order valence-electron chi connectivity index (χ2n) is 11.7. The number of ether oxygens (including phenoxy) is 2. The van der Waals surface area contributed by atoms with Gasteiger partial charge < -0.3 is 30.5 Å². The van der Waals surface area contributed by atoms with Gasteiger partial charge in [-0.1, -0.05) is 72.8 Å². The molecule has 0 heterocycles. The predicted molar refractivity (Wildman–Crippen MR) is 191 cm³/mol. The first-order valence-electron chi connectivity index (χ1n) is 16.5. The molecule has 288 valence electrons. The molecule has 5 aromatic rings. The van der Waals surface area contributed by atoms with E-state index in [0.717, 1.165) is 17.2 Å². The number of hydrogen-bond donors (Lipinski definition) is 3. The lowest BCUT2D eigenvalue weighted by Crippen LogP contribution is -2.32. The van der Waals surface area contributed by atoms with Crippen molar-refractivity contribution in [2.45, 2.75) is 44.8 Å². The maximum Gasteiger partial charge on any atom is 0.490 e. The first kappa shape index (κ1) is 41.4. The Balaban J connectivity index is 0.000000876. The number of nitrogens with zero attached hydrogens (tertiary/aromatic N) is 1. The Kier molecular flexibility index (Phi) is 14.4. The molecule has 0 fully saturated rings. The van der Waals surface area contributed by atoms with E-state index in [4.69, 9.17) is 25.1 Å². The maximum absolute atomic E-state index is 13.8. The van der Waals surface area contributed by atoms with Gasteiger partial charge in [0.05, 0.1) is 17.8 Å². The van der Waals surface area contributed by atoms with Crippen LogP contribution < -0.4 is 25.4 Å². The molecule has 5 aromatic carbocycles. The number of carboxylic acids is 1. The molecule has 0 aliphatic carbocycles. The highest BCUT2D eigenvalue weighted by Crippen LogP contribution is 2.35. The summed E-state index contributed by atoms with van der Waals surface area (Å²) in [5, 5.41) is 9.64. The minimum Gasteiger partial charge on any atom is -0.475 e. The SMILES string of the molecule is NCc1cccc(Oc2ccccc2N(Cc2ccc(Oc3ccccc3)cc2)C(=O)CCC(=O)NCc2ccccc2C(F)(F)F)c1.O=C(O)C(F)(F)F. The molecule has 0 unspecified atom stereocenters. The number of hydrogen-bond acceptors (Lipinski definition) is 6. The number of aliphatic carboxylic acids is 1. The van der Waals surface area contributed by atoms with Gasteiger partial charge in [-0.25, -0.2) is 4.79 Å². The second kappa shape index (κ2) is 19.1. The van der Waals surface area contributed by atoms with Crippen LogP contribution in [0.15, 0.2) is 127 Å². The van der Waals surface area contributed by atoms with Crippen LogP contribution in [0.2, 0.25) is 0 Å². The summed E-state index contributed by atoms with van der Waals surface area (Å²) >= 11 is 0. The van der Waals surface area contributed by atoms with Crippen molar-refractivity contribution in [3.05, 3.63) is 150 Å². The quantitative estimate of drug-likeness (QED) is 0.102. The molecule has 0 saturated carbocycles. The summed E-state index contributed by atoms with van der Waals surface area (Å²) in [6.07, 6.45) is -10.1. The minimum atomic E-state index is -5.08. The zero-order valence-corrected chi connectivity index (χ0v) is 28.9. The van der Waals surface area contributed by atoms with E-state index in [1.807, 2.05) is 60.7 Å². The summed E-state index contributed by atoms with van der Waals surface area (Å²) < 4.78 is 84.1. The highest BCUT2D eigenvalue weighted by atomic mass is 19.4. The fraction of sp³-hybridized carbons (Fsp3) is 0.175. The van der Waals surface area contributed by atoms with Crippen molar-refractivity contribution in [2.24, 2.45) is 5.73 Å². The average Bonchev–Trinajstić information content (AvgIpc) is 3.16. The summed E-state index contributed by atoms with van der Waals surface area (Å²) in [7, 11) is 0. The number of nitrogens with one attached hydrogen (secondary N) is 1. The first-order valence-corrected chi connectivity index (χ1v) is 16.5. The molecule has 55 heavy (non-hydrogen) atoms. The fourth-order valence-electron chi connectivity index (χ4n) is 5.00. The molecule has 0 atom stereocenters. The smallest absolute Gasteiger partial charge is 0.475 e. The maximum atomic E-state index is 13.8. The van der Waals surface area contributed by atoms with Gasteiger partial charge in [-0.3, -0.25) is 9.59 Å². The van der Waals surface area contributed by atoms with Crippen molar-refractivity contribution in [2.75, 3.05) is 4.90 Å². The molecule has 0 bridgehead atoms. The van der Waals surface area contributed by atoms with Crippen molar-refractivity contribution in [1.82, 2.24) is 5.32 Å². The summed E-state index contributed by atoms with van der Waals surface area (Å²) in [6.45, 7) is 0.161. The molecule has 0 aliphatic rings. The number of amides is 2. The lowest BCUT2D eigenvalue weighted by molar-refractivity contribution is -0.192. The Hall–Kier alpha value is -6.35. The van der Waals surface area contributed by atoms with Crippen LogP contribution in [0.4, 0.5) is 32.0 Å². The number of benzene rings is 5. The monoisotopic (exact) mass is 767 g/mol. The largest absolute Gasteiger partial charge is 0.490 e. The normalized spacial score (nSPS) is 11.1. The lowest BCUT2D eigenvalue weighted by Gasteiger charge is -2.25. The number of rotatable bonds is 13. The van der Waals surface area contributed by atoms with Crippen molar-refractivity contribution in [1.29, 1.82) is 0 Å². The van der Waals surface area contributed by atoms with E-state index >= 15 is 0 Å². The molecular weight excluding hydrogens is 732 g/mol. The van der Waals surface area contributed by atoms with E-state index in [1.165, 1.54) is 23.1 Å². The lowest BCUT2D eigenvalue weighted by atomic mass is 10.1. The first-order chi connectivity index (χ1) is 26.1. The van der Waals surface area contributed by atoms with Crippen molar-refractivity contribution < 1.29 is 55.3 Å². The Morgan fingerprint density at radius 2 is 1.27 bits per heavy atom. The number of carbonyl (C=O) groups is 3.